The fourth-order valence-corrected chi connectivity index (χ4v) is 8.64. The van der Waals surface area contributed by atoms with Crippen molar-refractivity contribution in [1.82, 2.24) is 14.5 Å². The molecule has 7 aromatic carbocycles. The van der Waals surface area contributed by atoms with Crippen LogP contribution in [0.5, 0.6) is 0 Å². The number of hydrogen-bond acceptors (Lipinski definition) is 3. The molecule has 0 atom stereocenters. The van der Waals surface area contributed by atoms with Crippen LogP contribution in [0.4, 0.5) is 0 Å². The largest absolute Gasteiger partial charge is 0.455 e. The third kappa shape index (κ3) is 3.90. The molecule has 0 radical (unpaired) electrons. The summed E-state index contributed by atoms with van der Waals surface area (Å²) in [6.45, 7) is 4.67. The fraction of sp³-hybridized carbons (Fsp3) is 0.0638. The van der Waals surface area contributed by atoms with Gasteiger partial charge in [0.15, 0.2) is 0 Å². The maximum Gasteiger partial charge on any atom is 0.235 e. The number of rotatable bonds is 3. The van der Waals surface area contributed by atoms with Crippen molar-refractivity contribution in [2.45, 2.75) is 19.3 Å². The summed E-state index contributed by atoms with van der Waals surface area (Å²) in [6, 6.07) is 53.8. The van der Waals surface area contributed by atoms with E-state index in [1.807, 2.05) is 12.1 Å². The summed E-state index contributed by atoms with van der Waals surface area (Å²) >= 11 is 0. The molecule has 1 aliphatic rings. The summed E-state index contributed by atoms with van der Waals surface area (Å²) in [5.41, 5.74) is 14.1. The first kappa shape index (κ1) is 28.3. The van der Waals surface area contributed by atoms with Gasteiger partial charge in [0.2, 0.25) is 5.95 Å². The number of nitrogens with zero attached hydrogens (tertiary/aromatic N) is 3. The Kier molecular flexibility index (Phi) is 5.70. The van der Waals surface area contributed by atoms with E-state index < -0.39 is 0 Å². The van der Waals surface area contributed by atoms with Crippen molar-refractivity contribution in [3.05, 3.63) is 163 Å². The van der Waals surface area contributed by atoms with Gasteiger partial charge in [0.1, 0.15) is 11.2 Å². The van der Waals surface area contributed by atoms with Crippen LogP contribution in [0.25, 0.3) is 94.1 Å². The molecule has 0 saturated carbocycles. The second kappa shape index (κ2) is 10.3. The van der Waals surface area contributed by atoms with Gasteiger partial charge in [0.25, 0.3) is 0 Å². The SMILES string of the molecule is CC1(C)c2ccccc2-c2c1ccc1c3ccccc3n(-c3nc(-c4cccc(-c5cccc6c5oc5ccccc56)c4)c4ccccc4n3)c21. The number of furan rings is 1. The zero-order chi connectivity index (χ0) is 33.8. The Morgan fingerprint density at radius 2 is 1.24 bits per heavy atom. The van der Waals surface area contributed by atoms with E-state index in [0.29, 0.717) is 5.95 Å². The van der Waals surface area contributed by atoms with Gasteiger partial charge >= 0.3 is 0 Å². The van der Waals surface area contributed by atoms with Crippen molar-refractivity contribution in [2.75, 3.05) is 0 Å². The van der Waals surface area contributed by atoms with Gasteiger partial charge < -0.3 is 4.42 Å². The maximum absolute atomic E-state index is 6.45. The van der Waals surface area contributed by atoms with Crippen LogP contribution in [0, 0.1) is 0 Å². The molecule has 0 aliphatic heterocycles. The van der Waals surface area contributed by atoms with Crippen LogP contribution in [0.3, 0.4) is 0 Å². The fourth-order valence-electron chi connectivity index (χ4n) is 8.64. The van der Waals surface area contributed by atoms with E-state index in [-0.39, 0.29) is 5.41 Å². The lowest BCUT2D eigenvalue weighted by Gasteiger charge is -2.21. The number of aromatic nitrogens is 3. The normalized spacial score (nSPS) is 13.5. The van der Waals surface area contributed by atoms with Crippen molar-refractivity contribution in [2.24, 2.45) is 0 Å². The summed E-state index contributed by atoms with van der Waals surface area (Å²) in [7, 11) is 0. The van der Waals surface area contributed by atoms with E-state index in [9.17, 15) is 0 Å². The molecule has 4 heteroatoms. The van der Waals surface area contributed by atoms with Crippen molar-refractivity contribution in [3.8, 4) is 39.5 Å². The highest BCUT2D eigenvalue weighted by Gasteiger charge is 2.37. The van der Waals surface area contributed by atoms with E-state index in [4.69, 9.17) is 14.4 Å². The average molecular weight is 654 g/mol. The highest BCUT2D eigenvalue weighted by Crippen LogP contribution is 2.52. The zero-order valence-corrected chi connectivity index (χ0v) is 28.2. The zero-order valence-electron chi connectivity index (χ0n) is 28.2. The van der Waals surface area contributed by atoms with E-state index >= 15 is 0 Å². The van der Waals surface area contributed by atoms with Gasteiger partial charge in [-0.15, -0.1) is 0 Å². The van der Waals surface area contributed by atoms with Crippen LogP contribution in [-0.2, 0) is 5.41 Å². The molecule has 51 heavy (non-hydrogen) atoms. The second-order valence-electron chi connectivity index (χ2n) is 14.2. The standard InChI is InChI=1S/C47H31N3O/c1-47(2)37-21-7-3-17-35(37)42-38(47)26-25-33-31-15-5-9-23-40(31)50(44(33)42)46-48-39-22-8-4-18-36(39)43(49-46)29-14-11-13-28(27-29)30-19-12-20-34-32-16-6-10-24-41(32)51-45(30)34/h3-27H,1-2H3. The molecule has 0 fully saturated rings. The molecule has 10 aromatic rings. The minimum Gasteiger partial charge on any atom is -0.455 e. The number of benzene rings is 7. The van der Waals surface area contributed by atoms with Crippen LogP contribution in [0.2, 0.25) is 0 Å². The molecule has 0 unspecified atom stereocenters. The summed E-state index contributed by atoms with van der Waals surface area (Å²) < 4.78 is 8.75. The topological polar surface area (TPSA) is 43.9 Å². The maximum atomic E-state index is 6.45. The monoisotopic (exact) mass is 653 g/mol. The third-order valence-electron chi connectivity index (χ3n) is 11.0. The van der Waals surface area contributed by atoms with Gasteiger partial charge in [0.05, 0.1) is 22.2 Å². The highest BCUT2D eigenvalue weighted by atomic mass is 16.3. The molecule has 0 spiro atoms. The Morgan fingerprint density at radius 1 is 0.529 bits per heavy atom. The average Bonchev–Trinajstić information content (AvgIpc) is 3.80. The molecule has 11 rings (SSSR count). The minimum atomic E-state index is -0.125. The third-order valence-corrected chi connectivity index (χ3v) is 11.0. The molecule has 3 heterocycles. The lowest BCUT2D eigenvalue weighted by molar-refractivity contribution is 0.660. The van der Waals surface area contributed by atoms with Crippen molar-refractivity contribution < 1.29 is 4.42 Å². The Bertz CT molecular complexity index is 3070. The van der Waals surface area contributed by atoms with Crippen LogP contribution < -0.4 is 0 Å². The smallest absolute Gasteiger partial charge is 0.235 e. The number of para-hydroxylation sites is 4. The Balaban J connectivity index is 1.19. The van der Waals surface area contributed by atoms with Gasteiger partial charge in [-0.3, -0.25) is 4.57 Å². The van der Waals surface area contributed by atoms with Crippen molar-refractivity contribution >= 4 is 54.6 Å². The van der Waals surface area contributed by atoms with Crippen LogP contribution in [0.15, 0.2) is 156 Å². The van der Waals surface area contributed by atoms with E-state index in [2.05, 4.69) is 158 Å². The number of fused-ring (bicyclic) bond motifs is 11. The summed E-state index contributed by atoms with van der Waals surface area (Å²) in [6.07, 6.45) is 0. The quantitative estimate of drug-likeness (QED) is 0.191. The highest BCUT2D eigenvalue weighted by molar-refractivity contribution is 6.16. The molecule has 0 saturated heterocycles. The molecular weight excluding hydrogens is 623 g/mol. The van der Waals surface area contributed by atoms with Crippen LogP contribution in [-0.4, -0.2) is 14.5 Å². The van der Waals surface area contributed by atoms with Gasteiger partial charge in [-0.05, 0) is 46.5 Å². The Hall–Kier alpha value is -6.52. The first-order chi connectivity index (χ1) is 25.1. The minimum absolute atomic E-state index is 0.125. The van der Waals surface area contributed by atoms with Gasteiger partial charge in [-0.25, -0.2) is 9.97 Å². The molecule has 1 aliphatic carbocycles. The lowest BCUT2D eigenvalue weighted by Crippen LogP contribution is -2.14. The van der Waals surface area contributed by atoms with Gasteiger partial charge in [0, 0.05) is 49.0 Å². The molecule has 3 aromatic heterocycles. The molecule has 4 nitrogen and oxygen atoms in total. The second-order valence-corrected chi connectivity index (χ2v) is 14.2. The Morgan fingerprint density at radius 3 is 2.16 bits per heavy atom. The Labute approximate surface area is 294 Å². The molecule has 0 bridgehead atoms. The first-order valence-corrected chi connectivity index (χ1v) is 17.5. The molecule has 240 valence electrons. The van der Waals surface area contributed by atoms with Crippen molar-refractivity contribution in [1.29, 1.82) is 0 Å². The predicted octanol–water partition coefficient (Wildman–Crippen LogP) is 12.3. The van der Waals surface area contributed by atoms with Crippen LogP contribution in [0.1, 0.15) is 25.0 Å². The predicted molar refractivity (Wildman–Crippen MR) is 210 cm³/mol. The van der Waals surface area contributed by atoms with E-state index in [1.54, 1.807) is 0 Å². The summed E-state index contributed by atoms with van der Waals surface area (Å²) in [4.78, 5) is 10.8. The van der Waals surface area contributed by atoms with E-state index in [0.717, 1.165) is 66.3 Å². The number of hydrogen-bond donors (Lipinski definition) is 0. The molecular formula is C47H31N3O. The molecule has 0 amide bonds. The van der Waals surface area contributed by atoms with Crippen LogP contribution >= 0.6 is 0 Å². The van der Waals surface area contributed by atoms with Gasteiger partial charge in [-0.2, -0.15) is 0 Å². The molecule has 0 N–H and O–H groups in total. The lowest BCUT2D eigenvalue weighted by atomic mass is 9.82. The summed E-state index contributed by atoms with van der Waals surface area (Å²) in [5.74, 6) is 0.662. The van der Waals surface area contributed by atoms with Crippen molar-refractivity contribution in [3.63, 3.8) is 0 Å². The van der Waals surface area contributed by atoms with E-state index in [1.165, 1.54) is 33.0 Å². The van der Waals surface area contributed by atoms with Gasteiger partial charge in [-0.1, -0.05) is 141 Å². The first-order valence-electron chi connectivity index (χ1n) is 17.5. The summed E-state index contributed by atoms with van der Waals surface area (Å²) in [5, 5.41) is 5.65.